The van der Waals surface area contributed by atoms with Gasteiger partial charge in [-0.1, -0.05) is 42.0 Å². The summed E-state index contributed by atoms with van der Waals surface area (Å²) in [5.41, 5.74) is 5.89. The van der Waals surface area contributed by atoms with Gasteiger partial charge in [0, 0.05) is 6.20 Å². The van der Waals surface area contributed by atoms with Crippen molar-refractivity contribution in [2.24, 2.45) is 0 Å². The van der Waals surface area contributed by atoms with Crippen LogP contribution in [0.4, 0.5) is 0 Å². The summed E-state index contributed by atoms with van der Waals surface area (Å²) in [5, 5.41) is 0. The first-order chi connectivity index (χ1) is 9.04. The predicted molar refractivity (Wildman–Crippen MR) is 85.8 cm³/mol. The lowest BCUT2D eigenvalue weighted by Gasteiger charge is -2.03. The molecule has 0 aliphatic carbocycles. The van der Waals surface area contributed by atoms with Crippen molar-refractivity contribution in [2.45, 2.75) is 34.6 Å². The maximum absolute atomic E-state index is 4.52. The van der Waals surface area contributed by atoms with Crippen LogP contribution in [0.3, 0.4) is 0 Å². The fourth-order valence-electron chi connectivity index (χ4n) is 1.57. The molecule has 0 bridgehead atoms. The van der Waals surface area contributed by atoms with Crippen molar-refractivity contribution >= 4 is 11.1 Å². The molecular weight excluding hydrogens is 230 g/mol. The lowest BCUT2D eigenvalue weighted by Crippen LogP contribution is -1.88. The molecule has 0 aliphatic heterocycles. The first-order valence-electron chi connectivity index (χ1n) is 6.62. The molecule has 1 nitrogen and oxygen atoms in total. The van der Waals surface area contributed by atoms with Crippen molar-refractivity contribution in [3.05, 3.63) is 65.5 Å². The minimum atomic E-state index is 1.03. The van der Waals surface area contributed by atoms with E-state index in [2.05, 4.69) is 63.0 Å². The number of hydrogen-bond donors (Lipinski definition) is 0. The second kappa shape index (κ2) is 7.52. The molecular formula is C18H23N. The average molecular weight is 253 g/mol. The molecule has 0 atom stereocenters. The van der Waals surface area contributed by atoms with Crippen molar-refractivity contribution in [1.82, 2.24) is 4.98 Å². The Kier molecular flexibility index (Phi) is 6.01. The van der Waals surface area contributed by atoms with Crippen molar-refractivity contribution in [3.63, 3.8) is 0 Å². The van der Waals surface area contributed by atoms with E-state index < -0.39 is 0 Å². The van der Waals surface area contributed by atoms with Gasteiger partial charge in [-0.15, -0.1) is 0 Å². The molecule has 1 aromatic heterocycles. The number of nitrogens with zero attached hydrogens (tertiary/aromatic N) is 1. The lowest BCUT2D eigenvalue weighted by atomic mass is 10.1. The molecule has 0 saturated carbocycles. The largest absolute Gasteiger partial charge is 0.256 e. The monoisotopic (exact) mass is 253 g/mol. The number of allylic oxidation sites excluding steroid dienone is 8. The molecule has 0 spiro atoms. The second-order valence-electron chi connectivity index (χ2n) is 4.90. The molecule has 0 fully saturated rings. The van der Waals surface area contributed by atoms with Crippen LogP contribution in [-0.4, -0.2) is 4.98 Å². The Morgan fingerprint density at radius 2 is 1.68 bits per heavy atom. The summed E-state index contributed by atoms with van der Waals surface area (Å²) in [6, 6.07) is 4.20. The summed E-state index contributed by atoms with van der Waals surface area (Å²) in [4.78, 5) is 4.52. The van der Waals surface area contributed by atoms with E-state index in [-0.39, 0.29) is 0 Å². The third-order valence-electron chi connectivity index (χ3n) is 2.83. The SMILES string of the molecule is C/C=C\C=C(/C)c1ccc(/C(C)=C/C=C(C)C)nc1. The summed E-state index contributed by atoms with van der Waals surface area (Å²) >= 11 is 0. The van der Waals surface area contributed by atoms with E-state index in [1.165, 1.54) is 16.7 Å². The predicted octanol–water partition coefficient (Wildman–Crippen LogP) is 5.43. The van der Waals surface area contributed by atoms with E-state index >= 15 is 0 Å². The Morgan fingerprint density at radius 3 is 2.21 bits per heavy atom. The molecule has 0 saturated heterocycles. The van der Waals surface area contributed by atoms with Crippen LogP contribution in [0, 0.1) is 0 Å². The normalized spacial score (nSPS) is 12.9. The van der Waals surface area contributed by atoms with Crippen LogP contribution in [-0.2, 0) is 0 Å². The molecule has 0 N–H and O–H groups in total. The number of pyridine rings is 1. The van der Waals surface area contributed by atoms with Gasteiger partial charge in [0.1, 0.15) is 0 Å². The summed E-state index contributed by atoms with van der Waals surface area (Å²) in [7, 11) is 0. The highest BCUT2D eigenvalue weighted by Crippen LogP contribution is 2.16. The summed E-state index contributed by atoms with van der Waals surface area (Å²) < 4.78 is 0. The van der Waals surface area contributed by atoms with E-state index in [0.29, 0.717) is 0 Å². The molecule has 1 heteroatoms. The van der Waals surface area contributed by atoms with E-state index in [4.69, 9.17) is 0 Å². The topological polar surface area (TPSA) is 12.9 Å². The van der Waals surface area contributed by atoms with E-state index in [0.717, 1.165) is 11.3 Å². The van der Waals surface area contributed by atoms with E-state index in [9.17, 15) is 0 Å². The number of aromatic nitrogens is 1. The summed E-state index contributed by atoms with van der Waals surface area (Å²) in [6.07, 6.45) is 12.3. The van der Waals surface area contributed by atoms with Gasteiger partial charge in [0.05, 0.1) is 5.69 Å². The van der Waals surface area contributed by atoms with Crippen LogP contribution < -0.4 is 0 Å². The van der Waals surface area contributed by atoms with Crippen LogP contribution >= 0.6 is 0 Å². The van der Waals surface area contributed by atoms with Crippen molar-refractivity contribution in [2.75, 3.05) is 0 Å². The maximum Gasteiger partial charge on any atom is 0.0659 e. The molecule has 1 heterocycles. The lowest BCUT2D eigenvalue weighted by molar-refractivity contribution is 1.25. The number of rotatable bonds is 4. The van der Waals surface area contributed by atoms with Gasteiger partial charge in [-0.25, -0.2) is 0 Å². The Morgan fingerprint density at radius 1 is 0.947 bits per heavy atom. The highest BCUT2D eigenvalue weighted by atomic mass is 14.7. The maximum atomic E-state index is 4.52. The first kappa shape index (κ1) is 15.2. The minimum absolute atomic E-state index is 1.03. The van der Waals surface area contributed by atoms with E-state index in [1.54, 1.807) is 0 Å². The zero-order valence-corrected chi connectivity index (χ0v) is 12.6. The third-order valence-corrected chi connectivity index (χ3v) is 2.83. The molecule has 19 heavy (non-hydrogen) atoms. The molecule has 1 rings (SSSR count). The minimum Gasteiger partial charge on any atom is -0.256 e. The Hall–Kier alpha value is -1.89. The standard InChI is InChI=1S/C18H23N/c1-6-7-8-15(4)17-11-12-18(19-13-17)16(5)10-9-14(2)3/h6-13H,1-5H3/b7-6-,15-8+,16-10+. The molecule has 0 amide bonds. The van der Waals surface area contributed by atoms with Crippen LogP contribution in [0.5, 0.6) is 0 Å². The van der Waals surface area contributed by atoms with Crippen LogP contribution in [0.25, 0.3) is 11.1 Å². The molecule has 1 aromatic rings. The Labute approximate surface area is 117 Å². The first-order valence-corrected chi connectivity index (χ1v) is 6.62. The van der Waals surface area contributed by atoms with Crippen LogP contribution in [0.2, 0.25) is 0 Å². The van der Waals surface area contributed by atoms with Crippen molar-refractivity contribution < 1.29 is 0 Å². The zero-order valence-electron chi connectivity index (χ0n) is 12.6. The van der Waals surface area contributed by atoms with Gasteiger partial charge in [0.15, 0.2) is 0 Å². The quantitative estimate of drug-likeness (QED) is 0.652. The fourth-order valence-corrected chi connectivity index (χ4v) is 1.57. The molecule has 0 aliphatic rings. The van der Waals surface area contributed by atoms with Gasteiger partial charge in [-0.2, -0.15) is 0 Å². The van der Waals surface area contributed by atoms with Gasteiger partial charge in [0.25, 0.3) is 0 Å². The highest BCUT2D eigenvalue weighted by Gasteiger charge is 1.99. The Bertz CT molecular complexity index is 521. The van der Waals surface area contributed by atoms with Gasteiger partial charge in [-0.3, -0.25) is 4.98 Å². The fraction of sp³-hybridized carbons (Fsp3) is 0.278. The Balaban J connectivity index is 2.94. The van der Waals surface area contributed by atoms with Gasteiger partial charge in [-0.05, 0) is 57.4 Å². The van der Waals surface area contributed by atoms with Crippen molar-refractivity contribution in [1.29, 1.82) is 0 Å². The zero-order chi connectivity index (χ0) is 14.3. The van der Waals surface area contributed by atoms with Crippen LogP contribution in [0.1, 0.15) is 45.9 Å². The average Bonchev–Trinajstić information content (AvgIpc) is 2.42. The molecule has 100 valence electrons. The summed E-state index contributed by atoms with van der Waals surface area (Å²) in [5.74, 6) is 0. The summed E-state index contributed by atoms with van der Waals surface area (Å²) in [6.45, 7) is 10.4. The van der Waals surface area contributed by atoms with Crippen molar-refractivity contribution in [3.8, 4) is 0 Å². The second-order valence-corrected chi connectivity index (χ2v) is 4.90. The molecule has 0 radical (unpaired) electrons. The van der Waals surface area contributed by atoms with Gasteiger partial charge < -0.3 is 0 Å². The molecule has 0 unspecified atom stereocenters. The third kappa shape index (κ3) is 5.09. The molecule has 0 aromatic carbocycles. The smallest absolute Gasteiger partial charge is 0.0659 e. The number of hydrogen-bond acceptors (Lipinski definition) is 1. The van der Waals surface area contributed by atoms with Gasteiger partial charge >= 0.3 is 0 Å². The van der Waals surface area contributed by atoms with Crippen LogP contribution in [0.15, 0.2) is 54.3 Å². The highest BCUT2D eigenvalue weighted by molar-refractivity contribution is 5.67. The van der Waals surface area contributed by atoms with Gasteiger partial charge in [0.2, 0.25) is 0 Å². The van der Waals surface area contributed by atoms with E-state index in [1.807, 2.05) is 25.3 Å².